The lowest BCUT2D eigenvalue weighted by molar-refractivity contribution is 0.0982. The number of hydrogen-bond donors (Lipinski definition) is 1. The normalized spacial score (nSPS) is 10.9. The largest absolute Gasteiger partial charge is 0.490 e. The zero-order valence-corrected chi connectivity index (χ0v) is 18.1. The lowest BCUT2D eigenvalue weighted by Crippen LogP contribution is -2.08. The van der Waals surface area contributed by atoms with Crippen LogP contribution in [0.4, 0.5) is 11.5 Å². The van der Waals surface area contributed by atoms with E-state index in [9.17, 15) is 4.79 Å². The van der Waals surface area contributed by atoms with Crippen molar-refractivity contribution >= 4 is 40.0 Å². The van der Waals surface area contributed by atoms with Gasteiger partial charge in [-0.05, 0) is 42.9 Å². The molecule has 1 N–H and O–H groups in total. The second kappa shape index (κ2) is 10.3. The molecule has 4 nitrogen and oxygen atoms in total. The van der Waals surface area contributed by atoms with Crippen LogP contribution in [0.1, 0.15) is 42.6 Å². The van der Waals surface area contributed by atoms with E-state index < -0.39 is 0 Å². The Morgan fingerprint density at radius 2 is 1.97 bits per heavy atom. The van der Waals surface area contributed by atoms with Gasteiger partial charge in [0.1, 0.15) is 17.1 Å². The van der Waals surface area contributed by atoms with Crippen molar-refractivity contribution in [3.05, 3.63) is 59.7 Å². The second-order valence-corrected chi connectivity index (χ2v) is 7.85. The lowest BCUT2D eigenvalue weighted by Gasteiger charge is -2.16. The van der Waals surface area contributed by atoms with E-state index in [2.05, 4.69) is 24.6 Å². The number of ketones is 1. The number of para-hydroxylation sites is 2. The van der Waals surface area contributed by atoms with E-state index in [1.54, 1.807) is 11.8 Å². The van der Waals surface area contributed by atoms with Crippen LogP contribution in [0.25, 0.3) is 10.9 Å². The molecule has 0 fully saturated rings. The molecular weight excluding hydrogens is 380 g/mol. The van der Waals surface area contributed by atoms with Gasteiger partial charge in [0.25, 0.3) is 0 Å². The van der Waals surface area contributed by atoms with E-state index in [1.165, 1.54) is 5.56 Å². The predicted molar refractivity (Wildman–Crippen MR) is 124 cm³/mol. The monoisotopic (exact) mass is 408 g/mol. The van der Waals surface area contributed by atoms with Gasteiger partial charge in [0, 0.05) is 23.2 Å². The van der Waals surface area contributed by atoms with Crippen molar-refractivity contribution in [2.75, 3.05) is 23.9 Å². The van der Waals surface area contributed by atoms with Crippen molar-refractivity contribution in [1.82, 2.24) is 4.98 Å². The summed E-state index contributed by atoms with van der Waals surface area (Å²) in [6.45, 7) is 4.76. The summed E-state index contributed by atoms with van der Waals surface area (Å²) in [5.41, 5.74) is 3.57. The third-order valence-electron chi connectivity index (χ3n) is 4.78. The van der Waals surface area contributed by atoms with Crippen LogP contribution in [0, 0.1) is 0 Å². The molecule has 0 saturated heterocycles. The number of ether oxygens (including phenoxy) is 1. The van der Waals surface area contributed by atoms with Gasteiger partial charge in [0.05, 0.1) is 12.2 Å². The van der Waals surface area contributed by atoms with Gasteiger partial charge in [-0.15, -0.1) is 0 Å². The number of hydrogen-bond acceptors (Lipinski definition) is 5. The number of carbonyl (C=O) groups is 1. The molecule has 152 valence electrons. The summed E-state index contributed by atoms with van der Waals surface area (Å²) in [5.74, 6) is 2.36. The molecule has 0 radical (unpaired) electrons. The molecule has 1 aromatic heterocycles. The minimum absolute atomic E-state index is 0.104. The van der Waals surface area contributed by atoms with E-state index in [0.717, 1.165) is 40.9 Å². The van der Waals surface area contributed by atoms with Crippen LogP contribution >= 0.6 is 11.8 Å². The first-order chi connectivity index (χ1) is 14.2. The number of pyridine rings is 1. The van der Waals surface area contributed by atoms with E-state index in [-0.39, 0.29) is 5.78 Å². The van der Waals surface area contributed by atoms with E-state index in [0.29, 0.717) is 24.4 Å². The minimum atomic E-state index is 0.104. The Labute approximate surface area is 177 Å². The Morgan fingerprint density at radius 1 is 1.14 bits per heavy atom. The minimum Gasteiger partial charge on any atom is -0.490 e. The molecule has 3 rings (SSSR count). The molecule has 0 unspecified atom stereocenters. The second-order valence-electron chi connectivity index (χ2n) is 6.86. The number of Topliss-reactive ketones (excluding diaryl/α,β-unsaturated/α-hetero) is 1. The first-order valence-electron chi connectivity index (χ1n) is 10.1. The van der Waals surface area contributed by atoms with Gasteiger partial charge < -0.3 is 10.1 Å². The third-order valence-corrected chi connectivity index (χ3v) is 5.36. The Hall–Kier alpha value is -2.53. The molecule has 2 aromatic carbocycles. The van der Waals surface area contributed by atoms with Crippen LogP contribution in [0.15, 0.2) is 48.5 Å². The maximum atomic E-state index is 12.8. The standard InChI is InChI=1S/C24H28N2O2S/c1-4-9-21(27)19-16-18-11-8-13-22(28-14-15-29-3)23(18)26-24(19)25-20-12-7-6-10-17(20)5-2/h6-8,10-13,16H,4-5,9,14-15H2,1-3H3,(H,25,26). The van der Waals surface area contributed by atoms with Gasteiger partial charge in [0.2, 0.25) is 0 Å². The zero-order valence-electron chi connectivity index (χ0n) is 17.3. The van der Waals surface area contributed by atoms with Crippen molar-refractivity contribution in [2.24, 2.45) is 0 Å². The maximum absolute atomic E-state index is 12.8. The number of nitrogens with zero attached hydrogens (tertiary/aromatic N) is 1. The van der Waals surface area contributed by atoms with Crippen LogP contribution in [-0.2, 0) is 6.42 Å². The highest BCUT2D eigenvalue weighted by Crippen LogP contribution is 2.31. The SMILES string of the molecule is CCCC(=O)c1cc2cccc(OCCSC)c2nc1Nc1ccccc1CC. The van der Waals surface area contributed by atoms with Gasteiger partial charge >= 0.3 is 0 Å². The number of fused-ring (bicyclic) bond motifs is 1. The molecular formula is C24H28N2O2S. The molecule has 0 atom stereocenters. The highest BCUT2D eigenvalue weighted by Gasteiger charge is 2.17. The summed E-state index contributed by atoms with van der Waals surface area (Å²) in [4.78, 5) is 17.7. The molecule has 1 heterocycles. The number of thioether (sulfide) groups is 1. The number of rotatable bonds is 10. The third kappa shape index (κ3) is 5.10. The van der Waals surface area contributed by atoms with Crippen molar-refractivity contribution in [3.63, 3.8) is 0 Å². The quantitative estimate of drug-likeness (QED) is 0.317. The molecule has 3 aromatic rings. The van der Waals surface area contributed by atoms with Crippen molar-refractivity contribution in [2.45, 2.75) is 33.1 Å². The van der Waals surface area contributed by atoms with Crippen LogP contribution in [0.3, 0.4) is 0 Å². The number of nitrogens with one attached hydrogen (secondary N) is 1. The summed E-state index contributed by atoms with van der Waals surface area (Å²) in [5, 5.41) is 4.34. The van der Waals surface area contributed by atoms with Crippen molar-refractivity contribution in [1.29, 1.82) is 0 Å². The Bertz CT molecular complexity index is 988. The summed E-state index contributed by atoms with van der Waals surface area (Å²) in [6.07, 6.45) is 4.27. The summed E-state index contributed by atoms with van der Waals surface area (Å²) < 4.78 is 5.96. The van der Waals surface area contributed by atoms with Crippen LogP contribution in [0.5, 0.6) is 5.75 Å². The fourth-order valence-corrected chi connectivity index (χ4v) is 3.52. The number of aryl methyl sites for hydroxylation is 1. The van der Waals surface area contributed by atoms with Gasteiger partial charge in [-0.1, -0.05) is 44.2 Å². The van der Waals surface area contributed by atoms with E-state index >= 15 is 0 Å². The molecule has 0 saturated carbocycles. The zero-order chi connectivity index (χ0) is 20.6. The topological polar surface area (TPSA) is 51.2 Å². The van der Waals surface area contributed by atoms with E-state index in [1.807, 2.05) is 49.4 Å². The highest BCUT2D eigenvalue weighted by atomic mass is 32.2. The van der Waals surface area contributed by atoms with Crippen LogP contribution < -0.4 is 10.1 Å². The van der Waals surface area contributed by atoms with Crippen molar-refractivity contribution < 1.29 is 9.53 Å². The number of anilines is 2. The molecule has 5 heteroatoms. The first kappa shape index (κ1) is 21.2. The van der Waals surface area contributed by atoms with Crippen LogP contribution in [0.2, 0.25) is 0 Å². The lowest BCUT2D eigenvalue weighted by atomic mass is 10.0. The van der Waals surface area contributed by atoms with E-state index in [4.69, 9.17) is 9.72 Å². The van der Waals surface area contributed by atoms with Gasteiger partial charge in [-0.2, -0.15) is 11.8 Å². The Kier molecular flexibility index (Phi) is 7.53. The average molecular weight is 409 g/mol. The molecule has 29 heavy (non-hydrogen) atoms. The molecule has 0 aliphatic heterocycles. The molecule has 0 spiro atoms. The summed E-state index contributed by atoms with van der Waals surface area (Å²) >= 11 is 1.74. The Morgan fingerprint density at radius 3 is 2.72 bits per heavy atom. The summed E-state index contributed by atoms with van der Waals surface area (Å²) in [6, 6.07) is 16.0. The predicted octanol–water partition coefficient (Wildman–Crippen LogP) is 6.27. The average Bonchev–Trinajstić information content (AvgIpc) is 2.74. The molecule has 0 aliphatic carbocycles. The fourth-order valence-electron chi connectivity index (χ4n) is 3.27. The number of benzene rings is 2. The first-order valence-corrected chi connectivity index (χ1v) is 11.5. The smallest absolute Gasteiger partial charge is 0.166 e. The number of aromatic nitrogens is 1. The maximum Gasteiger partial charge on any atom is 0.166 e. The fraction of sp³-hybridized carbons (Fsp3) is 0.333. The molecule has 0 bridgehead atoms. The summed E-state index contributed by atoms with van der Waals surface area (Å²) in [7, 11) is 0. The van der Waals surface area contributed by atoms with Gasteiger partial charge in [-0.25, -0.2) is 4.98 Å². The van der Waals surface area contributed by atoms with Gasteiger partial charge in [-0.3, -0.25) is 4.79 Å². The highest BCUT2D eigenvalue weighted by molar-refractivity contribution is 7.98. The van der Waals surface area contributed by atoms with Crippen LogP contribution in [-0.4, -0.2) is 29.4 Å². The molecule has 0 aliphatic rings. The van der Waals surface area contributed by atoms with Crippen molar-refractivity contribution in [3.8, 4) is 5.75 Å². The Balaban J connectivity index is 2.09. The number of carbonyl (C=O) groups excluding carboxylic acids is 1. The van der Waals surface area contributed by atoms with Gasteiger partial charge in [0.15, 0.2) is 5.78 Å². The molecule has 0 amide bonds.